The molecule has 1 atom stereocenters. The number of hydrogen-bond donors (Lipinski definition) is 0. The summed E-state index contributed by atoms with van der Waals surface area (Å²) in [6.07, 6.45) is -4.66. The van der Waals surface area contributed by atoms with Crippen molar-refractivity contribution in [2.45, 2.75) is 11.1 Å². The van der Waals surface area contributed by atoms with E-state index in [0.717, 1.165) is 6.07 Å². The molecule has 3 nitrogen and oxygen atoms in total. The Hall–Kier alpha value is -0.390. The van der Waals surface area contributed by atoms with Gasteiger partial charge in [-0.15, -0.1) is 0 Å². The Bertz CT molecular complexity index is 456. The van der Waals surface area contributed by atoms with Crippen molar-refractivity contribution in [3.8, 4) is 6.07 Å². The van der Waals surface area contributed by atoms with Crippen molar-refractivity contribution in [2.24, 2.45) is 0 Å². The molecule has 16 heavy (non-hydrogen) atoms. The maximum absolute atomic E-state index is 12.3. The zero-order chi connectivity index (χ0) is 11.6. The van der Waals surface area contributed by atoms with Gasteiger partial charge in [0.15, 0.2) is 0 Å². The third kappa shape index (κ3) is 3.57. The summed E-state index contributed by atoms with van der Waals surface area (Å²) >= 11 is -2.64. The van der Waals surface area contributed by atoms with Gasteiger partial charge in [-0.2, -0.15) is 18.4 Å². The Balaban J connectivity index is 0.00000225. The summed E-state index contributed by atoms with van der Waals surface area (Å²) in [6.45, 7) is 0. The van der Waals surface area contributed by atoms with Gasteiger partial charge in [0.2, 0.25) is 0 Å². The van der Waals surface area contributed by atoms with E-state index in [4.69, 9.17) is 5.26 Å². The van der Waals surface area contributed by atoms with Gasteiger partial charge in [-0.1, -0.05) is 0 Å². The van der Waals surface area contributed by atoms with E-state index in [9.17, 15) is 21.9 Å². The minimum absolute atomic E-state index is 0. The molecular formula is C8H3F3NNaO2S. The van der Waals surface area contributed by atoms with Gasteiger partial charge in [-0.25, -0.2) is 0 Å². The van der Waals surface area contributed by atoms with Crippen molar-refractivity contribution in [1.29, 1.82) is 5.26 Å². The molecule has 0 aliphatic heterocycles. The molecule has 1 rings (SSSR count). The molecular weight excluding hydrogens is 254 g/mol. The molecule has 1 unspecified atom stereocenters. The Morgan fingerprint density at radius 1 is 1.38 bits per heavy atom. The number of hydrogen-bond acceptors (Lipinski definition) is 3. The van der Waals surface area contributed by atoms with Crippen molar-refractivity contribution in [3.63, 3.8) is 0 Å². The molecule has 0 heterocycles. The van der Waals surface area contributed by atoms with E-state index >= 15 is 0 Å². The first-order valence-electron chi connectivity index (χ1n) is 3.57. The fourth-order valence-electron chi connectivity index (χ4n) is 0.967. The molecule has 0 spiro atoms. The number of alkyl halides is 3. The van der Waals surface area contributed by atoms with E-state index in [0.29, 0.717) is 12.1 Å². The number of nitrogens with zero attached hydrogens (tertiary/aromatic N) is 1. The van der Waals surface area contributed by atoms with Gasteiger partial charge in [0.25, 0.3) is 0 Å². The van der Waals surface area contributed by atoms with Crippen molar-refractivity contribution < 1.29 is 51.5 Å². The van der Waals surface area contributed by atoms with E-state index in [1.165, 1.54) is 6.07 Å². The molecule has 1 aromatic rings. The van der Waals surface area contributed by atoms with Crippen LogP contribution >= 0.6 is 0 Å². The molecule has 0 aromatic heterocycles. The molecule has 0 radical (unpaired) electrons. The van der Waals surface area contributed by atoms with E-state index in [-0.39, 0.29) is 34.5 Å². The van der Waals surface area contributed by atoms with Crippen molar-refractivity contribution in [3.05, 3.63) is 29.3 Å². The third-order valence-electron chi connectivity index (χ3n) is 1.61. The predicted octanol–water partition coefficient (Wildman–Crippen LogP) is -1.18. The van der Waals surface area contributed by atoms with E-state index in [1.807, 2.05) is 0 Å². The fraction of sp³-hybridized carbons (Fsp3) is 0.125. The molecule has 0 aliphatic rings. The summed E-state index contributed by atoms with van der Waals surface area (Å²) in [5, 5.41) is 8.44. The van der Waals surface area contributed by atoms with Crippen LogP contribution in [0.25, 0.3) is 0 Å². The first-order valence-corrected chi connectivity index (χ1v) is 4.64. The van der Waals surface area contributed by atoms with Crippen LogP contribution in [0.3, 0.4) is 0 Å². The number of rotatable bonds is 1. The molecule has 0 amide bonds. The van der Waals surface area contributed by atoms with Crippen LogP contribution in [0, 0.1) is 11.3 Å². The molecule has 0 saturated heterocycles. The van der Waals surface area contributed by atoms with Crippen molar-refractivity contribution >= 4 is 11.1 Å². The van der Waals surface area contributed by atoms with E-state index < -0.39 is 28.4 Å². The number of benzene rings is 1. The van der Waals surface area contributed by atoms with Crippen LogP contribution < -0.4 is 29.6 Å². The van der Waals surface area contributed by atoms with Gasteiger partial charge in [0, 0.05) is 4.90 Å². The summed E-state index contributed by atoms with van der Waals surface area (Å²) in [5.41, 5.74) is -1.84. The minimum atomic E-state index is -4.66. The summed E-state index contributed by atoms with van der Waals surface area (Å²) in [5.74, 6) is 0. The van der Waals surface area contributed by atoms with Crippen molar-refractivity contribution in [1.82, 2.24) is 0 Å². The average molecular weight is 257 g/mol. The largest absolute Gasteiger partial charge is 1.00 e. The van der Waals surface area contributed by atoms with Gasteiger partial charge in [-0.05, 0) is 29.3 Å². The second-order valence-corrected chi connectivity index (χ2v) is 3.49. The second-order valence-electron chi connectivity index (χ2n) is 2.55. The summed E-state index contributed by atoms with van der Waals surface area (Å²) in [7, 11) is 0. The smallest absolute Gasteiger partial charge is 0.768 e. The van der Waals surface area contributed by atoms with Gasteiger partial charge < -0.3 is 4.55 Å². The van der Waals surface area contributed by atoms with Crippen LogP contribution in [0.4, 0.5) is 13.2 Å². The third-order valence-corrected chi connectivity index (χ3v) is 2.25. The topological polar surface area (TPSA) is 63.9 Å². The SMILES string of the molecule is N#Cc1cc(S(=O)[O-])ccc1C(F)(F)F.[Na+]. The number of halogens is 3. The zero-order valence-corrected chi connectivity index (χ0v) is 10.9. The molecule has 0 fully saturated rings. The standard InChI is InChI=1S/C8H4F3NO2S.Na/c9-8(10,11)7-2-1-6(15(13)14)3-5(7)4-12;/h1-3H,(H,13,14);/q;+1/p-1. The van der Waals surface area contributed by atoms with Crippen LogP contribution in [-0.2, 0) is 17.3 Å². The minimum Gasteiger partial charge on any atom is -0.768 e. The van der Waals surface area contributed by atoms with E-state index in [1.54, 1.807) is 0 Å². The van der Waals surface area contributed by atoms with Crippen LogP contribution in [0.1, 0.15) is 11.1 Å². The molecule has 0 bridgehead atoms. The maximum Gasteiger partial charge on any atom is 1.00 e. The van der Waals surface area contributed by atoms with Crippen LogP contribution in [0.5, 0.6) is 0 Å². The van der Waals surface area contributed by atoms with Gasteiger partial charge >= 0.3 is 35.7 Å². The molecule has 1 aromatic carbocycles. The van der Waals surface area contributed by atoms with Gasteiger partial charge in [-0.3, -0.25) is 4.21 Å². The van der Waals surface area contributed by atoms with Crippen LogP contribution in [-0.4, -0.2) is 8.76 Å². The average Bonchev–Trinajstić information content (AvgIpc) is 2.15. The molecule has 8 heteroatoms. The quantitative estimate of drug-likeness (QED) is 0.470. The Morgan fingerprint density at radius 2 is 1.94 bits per heavy atom. The molecule has 80 valence electrons. The summed E-state index contributed by atoms with van der Waals surface area (Å²) < 4.78 is 57.7. The second kappa shape index (κ2) is 5.80. The monoisotopic (exact) mass is 257 g/mol. The van der Waals surface area contributed by atoms with E-state index in [2.05, 4.69) is 0 Å². The summed E-state index contributed by atoms with van der Waals surface area (Å²) in [6, 6.07) is 3.36. The van der Waals surface area contributed by atoms with Gasteiger partial charge in [0.05, 0.1) is 17.2 Å². The first-order chi connectivity index (χ1) is 6.86. The Morgan fingerprint density at radius 3 is 2.31 bits per heavy atom. The first kappa shape index (κ1) is 15.6. The normalized spacial score (nSPS) is 12.4. The molecule has 0 N–H and O–H groups in total. The number of nitriles is 1. The Kier molecular flexibility index (Phi) is 5.65. The zero-order valence-electron chi connectivity index (χ0n) is 8.04. The molecule has 0 saturated carbocycles. The van der Waals surface area contributed by atoms with Crippen LogP contribution in [0.15, 0.2) is 23.1 Å². The van der Waals surface area contributed by atoms with Crippen molar-refractivity contribution in [2.75, 3.05) is 0 Å². The summed E-state index contributed by atoms with van der Waals surface area (Å²) in [4.78, 5) is -0.348. The van der Waals surface area contributed by atoms with Gasteiger partial charge in [0.1, 0.15) is 0 Å². The Labute approximate surface area is 114 Å². The van der Waals surface area contributed by atoms with Crippen LogP contribution in [0.2, 0.25) is 0 Å². The fourth-order valence-corrected chi connectivity index (χ4v) is 1.36. The predicted molar refractivity (Wildman–Crippen MR) is 43.3 cm³/mol. The maximum atomic E-state index is 12.3. The molecule has 0 aliphatic carbocycles.